The lowest BCUT2D eigenvalue weighted by Gasteiger charge is -2.33. The zero-order valence-electron chi connectivity index (χ0n) is 12.8. The maximum Gasteiger partial charge on any atom is 0.328 e. The zero-order chi connectivity index (χ0) is 15.1. The molecule has 21 heavy (non-hydrogen) atoms. The van der Waals surface area contributed by atoms with E-state index in [-0.39, 0.29) is 0 Å². The second kappa shape index (κ2) is 7.99. The molecule has 0 radical (unpaired) electrons. The molecular weight excluding hydrogens is 262 g/mol. The fraction of sp³-hybridized carbons (Fsp3) is 0.500. The van der Waals surface area contributed by atoms with Crippen molar-refractivity contribution in [2.24, 2.45) is 0 Å². The van der Waals surface area contributed by atoms with Crippen LogP contribution in [0.3, 0.4) is 0 Å². The van der Waals surface area contributed by atoms with Crippen LogP contribution in [0.1, 0.15) is 50.2 Å². The molecule has 1 aliphatic carbocycles. The van der Waals surface area contributed by atoms with E-state index in [9.17, 15) is 4.79 Å². The van der Waals surface area contributed by atoms with Crippen LogP contribution < -0.4 is 0 Å². The van der Waals surface area contributed by atoms with Crippen LogP contribution in [0.4, 0.5) is 0 Å². The van der Waals surface area contributed by atoms with Gasteiger partial charge in [-0.05, 0) is 36.6 Å². The molecule has 1 fully saturated rings. The molecule has 0 unspecified atom stereocenters. The van der Waals surface area contributed by atoms with Gasteiger partial charge in [0.25, 0.3) is 0 Å². The van der Waals surface area contributed by atoms with Gasteiger partial charge in [-0.1, -0.05) is 50.5 Å². The monoisotopic (exact) mass is 287 g/mol. The number of nitrogens with zero attached hydrogens (tertiary/aromatic N) is 1. The Balaban J connectivity index is 2.11. The van der Waals surface area contributed by atoms with E-state index in [4.69, 9.17) is 5.11 Å². The summed E-state index contributed by atoms with van der Waals surface area (Å²) in [6.07, 6.45) is 9.54. The van der Waals surface area contributed by atoms with E-state index in [1.807, 2.05) is 18.2 Å². The number of hydrogen-bond acceptors (Lipinski definition) is 2. The summed E-state index contributed by atoms with van der Waals surface area (Å²) in [4.78, 5) is 13.2. The van der Waals surface area contributed by atoms with Gasteiger partial charge in [-0.2, -0.15) is 0 Å². The molecular formula is C18H25NO2. The lowest BCUT2D eigenvalue weighted by molar-refractivity contribution is -0.131. The van der Waals surface area contributed by atoms with E-state index in [1.165, 1.54) is 43.7 Å². The van der Waals surface area contributed by atoms with Crippen LogP contribution in [-0.2, 0) is 11.3 Å². The maximum atomic E-state index is 10.7. The van der Waals surface area contributed by atoms with Gasteiger partial charge in [0, 0.05) is 18.7 Å². The van der Waals surface area contributed by atoms with Gasteiger partial charge in [-0.3, -0.25) is 4.90 Å². The third-order valence-electron chi connectivity index (χ3n) is 4.33. The molecule has 0 aliphatic heterocycles. The van der Waals surface area contributed by atoms with Gasteiger partial charge in [0.2, 0.25) is 0 Å². The lowest BCUT2D eigenvalue weighted by atomic mass is 9.93. The predicted octanol–water partition coefficient (Wildman–Crippen LogP) is 3.94. The van der Waals surface area contributed by atoms with E-state index in [0.717, 1.165) is 18.7 Å². The van der Waals surface area contributed by atoms with Crippen molar-refractivity contribution in [2.75, 3.05) is 6.54 Å². The first-order valence-electron chi connectivity index (χ1n) is 7.93. The summed E-state index contributed by atoms with van der Waals surface area (Å²) in [5, 5.41) is 8.80. The lowest BCUT2D eigenvalue weighted by Crippen LogP contribution is -2.36. The Morgan fingerprint density at radius 3 is 2.67 bits per heavy atom. The molecule has 0 amide bonds. The number of aliphatic carboxylic acids is 1. The first-order chi connectivity index (χ1) is 10.2. The Kier molecular flexibility index (Phi) is 6.00. The number of carboxylic acids is 1. The Bertz CT molecular complexity index is 490. The normalized spacial score (nSPS) is 16.7. The van der Waals surface area contributed by atoms with Gasteiger partial charge in [0.15, 0.2) is 0 Å². The fourth-order valence-corrected chi connectivity index (χ4v) is 3.17. The molecule has 1 aromatic rings. The van der Waals surface area contributed by atoms with Gasteiger partial charge in [0.05, 0.1) is 0 Å². The van der Waals surface area contributed by atoms with Crippen molar-refractivity contribution in [1.29, 1.82) is 0 Å². The first kappa shape index (κ1) is 15.8. The maximum absolute atomic E-state index is 10.7. The van der Waals surface area contributed by atoms with Crippen LogP contribution in [0.2, 0.25) is 0 Å². The Hall–Kier alpha value is -1.61. The van der Waals surface area contributed by atoms with Crippen molar-refractivity contribution in [2.45, 2.75) is 51.6 Å². The molecule has 0 heterocycles. The number of rotatable bonds is 6. The average Bonchev–Trinajstić information content (AvgIpc) is 2.52. The SMILES string of the molecule is CCN(Cc1ccccc1C=CC(=O)O)C1CCCCC1. The van der Waals surface area contributed by atoms with E-state index in [2.05, 4.69) is 17.9 Å². The van der Waals surface area contributed by atoms with Crippen molar-refractivity contribution in [3.8, 4) is 0 Å². The standard InChI is InChI=1S/C18H25NO2/c1-2-19(17-10-4-3-5-11-17)14-16-9-7-6-8-15(16)12-13-18(20)21/h6-9,12-13,17H,2-5,10-11,14H2,1H3,(H,20,21). The van der Waals surface area contributed by atoms with Gasteiger partial charge in [-0.25, -0.2) is 4.79 Å². The molecule has 1 aromatic carbocycles. The second-order valence-corrected chi connectivity index (χ2v) is 5.73. The smallest absolute Gasteiger partial charge is 0.328 e. The summed E-state index contributed by atoms with van der Waals surface area (Å²) in [6, 6.07) is 8.76. The molecule has 0 saturated heterocycles. The highest BCUT2D eigenvalue weighted by molar-refractivity contribution is 5.85. The highest BCUT2D eigenvalue weighted by atomic mass is 16.4. The highest BCUT2D eigenvalue weighted by Crippen LogP contribution is 2.24. The Labute approximate surface area is 127 Å². The minimum atomic E-state index is -0.899. The molecule has 1 aliphatic rings. The Morgan fingerprint density at radius 1 is 1.29 bits per heavy atom. The van der Waals surface area contributed by atoms with Crippen LogP contribution >= 0.6 is 0 Å². The third kappa shape index (κ3) is 4.71. The molecule has 1 N–H and O–H groups in total. The molecule has 3 heteroatoms. The molecule has 1 saturated carbocycles. The van der Waals surface area contributed by atoms with Crippen molar-refractivity contribution in [3.63, 3.8) is 0 Å². The number of benzene rings is 1. The highest BCUT2D eigenvalue weighted by Gasteiger charge is 2.20. The van der Waals surface area contributed by atoms with Crippen molar-refractivity contribution < 1.29 is 9.90 Å². The van der Waals surface area contributed by atoms with Gasteiger partial charge >= 0.3 is 5.97 Å². The largest absolute Gasteiger partial charge is 0.478 e. The molecule has 0 aromatic heterocycles. The number of carbonyl (C=O) groups is 1. The summed E-state index contributed by atoms with van der Waals surface area (Å²) >= 11 is 0. The molecule has 114 valence electrons. The van der Waals surface area contributed by atoms with Crippen molar-refractivity contribution >= 4 is 12.0 Å². The van der Waals surface area contributed by atoms with E-state index >= 15 is 0 Å². The molecule has 2 rings (SSSR count). The molecule has 0 atom stereocenters. The van der Waals surface area contributed by atoms with Crippen LogP contribution in [0.15, 0.2) is 30.3 Å². The second-order valence-electron chi connectivity index (χ2n) is 5.73. The van der Waals surface area contributed by atoms with Gasteiger partial charge in [0.1, 0.15) is 0 Å². The summed E-state index contributed by atoms with van der Waals surface area (Å²) in [6.45, 7) is 4.16. The summed E-state index contributed by atoms with van der Waals surface area (Å²) in [7, 11) is 0. The van der Waals surface area contributed by atoms with Crippen molar-refractivity contribution in [3.05, 3.63) is 41.5 Å². The predicted molar refractivity (Wildman–Crippen MR) is 86.1 cm³/mol. The van der Waals surface area contributed by atoms with E-state index in [1.54, 1.807) is 6.08 Å². The number of hydrogen-bond donors (Lipinski definition) is 1. The number of carboxylic acid groups (broad SMARTS) is 1. The van der Waals surface area contributed by atoms with Crippen LogP contribution in [0, 0.1) is 0 Å². The van der Waals surface area contributed by atoms with Crippen LogP contribution in [0.5, 0.6) is 0 Å². The molecule has 0 bridgehead atoms. The van der Waals surface area contributed by atoms with E-state index in [0.29, 0.717) is 6.04 Å². The first-order valence-corrected chi connectivity index (χ1v) is 7.93. The van der Waals surface area contributed by atoms with Gasteiger partial charge in [-0.15, -0.1) is 0 Å². The van der Waals surface area contributed by atoms with Crippen molar-refractivity contribution in [1.82, 2.24) is 4.90 Å². The minimum absolute atomic E-state index is 0.681. The van der Waals surface area contributed by atoms with Crippen LogP contribution in [0.25, 0.3) is 6.08 Å². The minimum Gasteiger partial charge on any atom is -0.478 e. The Morgan fingerprint density at radius 2 is 2.00 bits per heavy atom. The zero-order valence-corrected chi connectivity index (χ0v) is 12.8. The summed E-state index contributed by atoms with van der Waals surface area (Å²) in [5.41, 5.74) is 2.22. The molecule has 3 nitrogen and oxygen atoms in total. The average molecular weight is 287 g/mol. The quantitative estimate of drug-likeness (QED) is 0.806. The molecule has 0 spiro atoms. The third-order valence-corrected chi connectivity index (χ3v) is 4.33. The van der Waals surface area contributed by atoms with Gasteiger partial charge < -0.3 is 5.11 Å². The van der Waals surface area contributed by atoms with Crippen LogP contribution in [-0.4, -0.2) is 28.6 Å². The topological polar surface area (TPSA) is 40.5 Å². The summed E-state index contributed by atoms with van der Waals surface area (Å²) in [5.74, 6) is -0.899. The van der Waals surface area contributed by atoms with E-state index < -0.39 is 5.97 Å². The summed E-state index contributed by atoms with van der Waals surface area (Å²) < 4.78 is 0. The fourth-order valence-electron chi connectivity index (χ4n) is 3.17.